The number of rotatable bonds is 3. The fourth-order valence-electron chi connectivity index (χ4n) is 3.40. The van der Waals surface area contributed by atoms with Gasteiger partial charge in [-0.15, -0.1) is 0 Å². The third kappa shape index (κ3) is 3.75. The maximum atomic E-state index is 12.5. The van der Waals surface area contributed by atoms with Crippen LogP contribution in [-0.2, 0) is 0 Å². The lowest BCUT2D eigenvalue weighted by molar-refractivity contribution is 0.262. The average Bonchev–Trinajstić information content (AvgIpc) is 2.68. The van der Waals surface area contributed by atoms with Crippen molar-refractivity contribution in [2.45, 2.75) is 13.8 Å². The van der Waals surface area contributed by atoms with Gasteiger partial charge in [0.25, 0.3) is 0 Å². The molecule has 0 saturated carbocycles. The molecule has 29 heavy (non-hydrogen) atoms. The van der Waals surface area contributed by atoms with E-state index in [2.05, 4.69) is 25.9 Å². The first-order chi connectivity index (χ1) is 13.9. The van der Waals surface area contributed by atoms with Crippen LogP contribution in [0.3, 0.4) is 0 Å². The van der Waals surface area contributed by atoms with E-state index in [1.54, 1.807) is 6.07 Å². The van der Waals surface area contributed by atoms with E-state index < -0.39 is 0 Å². The van der Waals surface area contributed by atoms with Crippen molar-refractivity contribution in [2.24, 2.45) is 0 Å². The monoisotopic (exact) mass is 386 g/mol. The number of anilines is 4. The Morgan fingerprint density at radius 3 is 2.00 bits per heavy atom. The SMILES string of the molecule is CNc1cc(C)nc2ccc(NC(=O)Nc3ccc4nc(C)cc(N)c4c3)cc12. The zero-order valence-corrected chi connectivity index (χ0v) is 16.5. The first kappa shape index (κ1) is 18.5. The van der Waals surface area contributed by atoms with Crippen molar-refractivity contribution in [1.82, 2.24) is 9.97 Å². The number of nitrogens with zero attached hydrogens (tertiary/aromatic N) is 2. The van der Waals surface area contributed by atoms with Gasteiger partial charge in [-0.1, -0.05) is 0 Å². The Bertz CT molecular complexity index is 1250. The summed E-state index contributed by atoms with van der Waals surface area (Å²) in [6.45, 7) is 3.85. The molecule has 0 bridgehead atoms. The lowest BCUT2D eigenvalue weighted by atomic mass is 10.1. The van der Waals surface area contributed by atoms with Crippen LogP contribution in [0.2, 0.25) is 0 Å². The molecule has 2 amide bonds. The molecular weight excluding hydrogens is 364 g/mol. The van der Waals surface area contributed by atoms with Crippen LogP contribution in [0, 0.1) is 13.8 Å². The summed E-state index contributed by atoms with van der Waals surface area (Å²) in [6, 6.07) is 14.5. The average molecular weight is 386 g/mol. The molecule has 146 valence electrons. The minimum Gasteiger partial charge on any atom is -0.398 e. The Kier molecular flexibility index (Phi) is 4.64. The van der Waals surface area contributed by atoms with Gasteiger partial charge in [0.2, 0.25) is 0 Å². The van der Waals surface area contributed by atoms with Crippen LogP contribution in [-0.4, -0.2) is 23.0 Å². The van der Waals surface area contributed by atoms with Crippen molar-refractivity contribution < 1.29 is 4.79 Å². The largest absolute Gasteiger partial charge is 0.398 e. The number of carbonyl (C=O) groups excluding carboxylic acids is 1. The quantitative estimate of drug-likeness (QED) is 0.410. The number of hydrogen-bond acceptors (Lipinski definition) is 5. The molecule has 5 N–H and O–H groups in total. The highest BCUT2D eigenvalue weighted by Gasteiger charge is 2.09. The van der Waals surface area contributed by atoms with E-state index >= 15 is 0 Å². The Hall–Kier alpha value is -3.87. The highest BCUT2D eigenvalue weighted by atomic mass is 16.2. The number of fused-ring (bicyclic) bond motifs is 2. The number of urea groups is 1. The van der Waals surface area contributed by atoms with Crippen LogP contribution in [0.4, 0.5) is 27.5 Å². The third-order valence-electron chi connectivity index (χ3n) is 4.69. The summed E-state index contributed by atoms with van der Waals surface area (Å²) in [5.74, 6) is 0. The highest BCUT2D eigenvalue weighted by molar-refractivity contribution is 6.04. The lowest BCUT2D eigenvalue weighted by Crippen LogP contribution is -2.19. The second-order valence-electron chi connectivity index (χ2n) is 6.96. The van der Waals surface area contributed by atoms with Gasteiger partial charge in [0, 0.05) is 52.0 Å². The topological polar surface area (TPSA) is 105 Å². The van der Waals surface area contributed by atoms with Gasteiger partial charge in [0.15, 0.2) is 0 Å². The lowest BCUT2D eigenvalue weighted by Gasteiger charge is -2.12. The van der Waals surface area contributed by atoms with Gasteiger partial charge in [-0.25, -0.2) is 4.79 Å². The molecule has 7 heteroatoms. The van der Waals surface area contributed by atoms with Crippen molar-refractivity contribution in [2.75, 3.05) is 28.7 Å². The molecule has 0 radical (unpaired) electrons. The van der Waals surface area contributed by atoms with Gasteiger partial charge < -0.3 is 21.7 Å². The summed E-state index contributed by atoms with van der Waals surface area (Å²) in [6.07, 6.45) is 0. The van der Waals surface area contributed by atoms with Crippen molar-refractivity contribution in [3.8, 4) is 0 Å². The molecule has 2 aromatic carbocycles. The molecule has 0 fully saturated rings. The van der Waals surface area contributed by atoms with E-state index in [0.717, 1.165) is 38.9 Å². The number of pyridine rings is 2. The van der Waals surface area contributed by atoms with Crippen molar-refractivity contribution in [1.29, 1.82) is 0 Å². The maximum absolute atomic E-state index is 12.5. The minimum atomic E-state index is -0.339. The Balaban J connectivity index is 1.57. The molecule has 0 unspecified atom stereocenters. The summed E-state index contributed by atoms with van der Waals surface area (Å²) >= 11 is 0. The second-order valence-corrected chi connectivity index (χ2v) is 6.96. The Morgan fingerprint density at radius 2 is 1.38 bits per heavy atom. The van der Waals surface area contributed by atoms with E-state index in [9.17, 15) is 4.79 Å². The van der Waals surface area contributed by atoms with E-state index in [0.29, 0.717) is 17.1 Å². The highest BCUT2D eigenvalue weighted by Crippen LogP contribution is 2.27. The van der Waals surface area contributed by atoms with Crippen LogP contribution in [0.25, 0.3) is 21.8 Å². The predicted octanol–water partition coefficient (Wildman–Crippen LogP) is 4.67. The summed E-state index contributed by atoms with van der Waals surface area (Å²) < 4.78 is 0. The normalized spacial score (nSPS) is 10.9. The molecule has 2 aromatic heterocycles. The fraction of sp³-hybridized carbons (Fsp3) is 0.136. The van der Waals surface area contributed by atoms with Crippen LogP contribution in [0.1, 0.15) is 11.4 Å². The van der Waals surface area contributed by atoms with Crippen LogP contribution >= 0.6 is 0 Å². The van der Waals surface area contributed by atoms with Crippen LogP contribution in [0.15, 0.2) is 48.5 Å². The zero-order valence-electron chi connectivity index (χ0n) is 16.5. The first-order valence-electron chi connectivity index (χ1n) is 9.27. The molecular formula is C22H22N6O. The van der Waals surface area contributed by atoms with Crippen molar-refractivity contribution >= 4 is 50.6 Å². The summed E-state index contributed by atoms with van der Waals surface area (Å²) in [5, 5.41) is 10.6. The number of amides is 2. The molecule has 0 saturated heterocycles. The Labute approximate surface area is 168 Å². The molecule has 4 rings (SSSR count). The fourth-order valence-corrected chi connectivity index (χ4v) is 3.40. The summed E-state index contributed by atoms with van der Waals surface area (Å²) in [4.78, 5) is 21.5. The van der Waals surface area contributed by atoms with E-state index in [1.807, 2.05) is 63.4 Å². The van der Waals surface area contributed by atoms with E-state index in [1.165, 1.54) is 0 Å². The van der Waals surface area contributed by atoms with Crippen molar-refractivity contribution in [3.05, 3.63) is 59.9 Å². The van der Waals surface area contributed by atoms with Gasteiger partial charge in [0.05, 0.1) is 11.0 Å². The molecule has 0 atom stereocenters. The van der Waals surface area contributed by atoms with Gasteiger partial charge in [-0.3, -0.25) is 9.97 Å². The van der Waals surface area contributed by atoms with E-state index in [-0.39, 0.29) is 6.03 Å². The number of nitrogen functional groups attached to an aromatic ring is 1. The van der Waals surface area contributed by atoms with Gasteiger partial charge in [-0.05, 0) is 62.4 Å². The molecule has 4 aromatic rings. The number of hydrogen-bond donors (Lipinski definition) is 4. The van der Waals surface area contributed by atoms with Gasteiger partial charge in [0.1, 0.15) is 0 Å². The molecule has 0 aliphatic heterocycles. The smallest absolute Gasteiger partial charge is 0.323 e. The second kappa shape index (κ2) is 7.27. The van der Waals surface area contributed by atoms with Crippen LogP contribution in [0.5, 0.6) is 0 Å². The van der Waals surface area contributed by atoms with Crippen LogP contribution < -0.4 is 21.7 Å². The number of benzene rings is 2. The first-order valence-corrected chi connectivity index (χ1v) is 9.27. The standard InChI is InChI=1S/C22H22N6O/c1-12-8-18(23)16-10-14(4-6-19(16)25-12)27-22(29)28-15-5-7-20-17(11-15)21(24-3)9-13(2)26-20/h4-11H,1-3H3,(H2,23,25)(H,24,26)(H2,27,28,29). The number of aryl methyl sites for hydroxylation is 2. The number of aromatic nitrogens is 2. The molecule has 0 aliphatic rings. The third-order valence-corrected chi connectivity index (χ3v) is 4.69. The molecule has 7 nitrogen and oxygen atoms in total. The Morgan fingerprint density at radius 1 is 0.828 bits per heavy atom. The van der Waals surface area contributed by atoms with Crippen molar-refractivity contribution in [3.63, 3.8) is 0 Å². The molecule has 0 aliphatic carbocycles. The summed E-state index contributed by atoms with van der Waals surface area (Å²) in [5.41, 5.74) is 12.5. The molecule has 0 spiro atoms. The minimum absolute atomic E-state index is 0.339. The number of carbonyl (C=O) groups is 1. The van der Waals surface area contributed by atoms with Gasteiger partial charge >= 0.3 is 6.03 Å². The zero-order chi connectivity index (χ0) is 20.5. The predicted molar refractivity (Wildman–Crippen MR) is 120 cm³/mol. The number of nitrogens with two attached hydrogens (primary N) is 1. The molecule has 2 heterocycles. The van der Waals surface area contributed by atoms with E-state index in [4.69, 9.17) is 5.73 Å². The summed E-state index contributed by atoms with van der Waals surface area (Å²) in [7, 11) is 1.86. The van der Waals surface area contributed by atoms with Gasteiger partial charge in [-0.2, -0.15) is 0 Å². The number of nitrogens with one attached hydrogen (secondary N) is 3. The maximum Gasteiger partial charge on any atom is 0.323 e.